The molecule has 48 heavy (non-hydrogen) atoms. The van der Waals surface area contributed by atoms with Crippen molar-refractivity contribution in [3.05, 3.63) is 117 Å². The molecule has 0 fully saturated rings. The summed E-state index contributed by atoms with van der Waals surface area (Å²) in [6, 6.07) is -15.9. The minimum atomic E-state index is -5.44. The van der Waals surface area contributed by atoms with Gasteiger partial charge in [-0.25, -0.2) is 4.39 Å². The number of alkyl halides is 3. The molecule has 11 heteroatoms. The van der Waals surface area contributed by atoms with Gasteiger partial charge in [0.05, 0.1) is 27.5 Å². The molecule has 1 heterocycles. The van der Waals surface area contributed by atoms with E-state index in [1.165, 1.54) is 13.8 Å². The molecule has 1 atom stereocenters. The number of carbonyl (C=O) groups is 1. The van der Waals surface area contributed by atoms with Crippen molar-refractivity contribution in [1.82, 2.24) is 19.4 Å². The van der Waals surface area contributed by atoms with Crippen LogP contribution in [0.3, 0.4) is 0 Å². The Morgan fingerprint density at radius 1 is 1.00 bits per heavy atom. The van der Waals surface area contributed by atoms with Crippen LogP contribution in [0.25, 0.3) is 11.1 Å². The van der Waals surface area contributed by atoms with Crippen molar-refractivity contribution in [2.75, 3.05) is 26.1 Å². The largest absolute Gasteiger partial charge is 0.416 e. The van der Waals surface area contributed by atoms with Crippen LogP contribution in [-0.4, -0.2) is 51.3 Å². The van der Waals surface area contributed by atoms with Crippen molar-refractivity contribution in [1.29, 1.82) is 0 Å². The summed E-state index contributed by atoms with van der Waals surface area (Å²) in [6.07, 6.45) is -12.3. The predicted molar refractivity (Wildman–Crippen MR) is 181 cm³/mol. The minimum absolute atomic E-state index is 0.0599. The van der Waals surface area contributed by atoms with Crippen molar-refractivity contribution >= 4 is 17.7 Å². The number of carbonyl (C=O) groups excluding carboxylic acids is 1. The van der Waals surface area contributed by atoms with Gasteiger partial charge in [-0.15, -0.1) is 0 Å². The number of hydrogen-bond donors (Lipinski definition) is 0. The lowest BCUT2D eigenvalue weighted by molar-refractivity contribution is -0.137. The van der Waals surface area contributed by atoms with Gasteiger partial charge in [-0.2, -0.15) is 18.2 Å². The standard InChI is InChI=1S/C37H40F4N4O2S/c1-4-43(5-2)18-19-44(22-26-6-10-28(11-7-26)29-12-14-30(15-13-29)37(39,40)41)34(46)23-45-33-21-25(3)20-32(33)35(47)42-36(45)48-24-27-8-16-31(38)17-9-27/h6-17,25H,4-5,18-24H2,1-3H3/i6D,7D,8D,9D,10D,11D,12D,13D,14D,15D,16D,17D,18D2,19D2,20D2,21D2,23D2,25D. The van der Waals surface area contributed by atoms with E-state index in [2.05, 4.69) is 4.98 Å². The van der Waals surface area contributed by atoms with E-state index in [9.17, 15) is 27.8 Å². The molecule has 6 nitrogen and oxygen atoms in total. The molecule has 0 saturated carbocycles. The Kier molecular flexibility index (Phi) is 5.22. The maximum absolute atomic E-state index is 15.3. The van der Waals surface area contributed by atoms with E-state index in [0.29, 0.717) is 6.92 Å². The second-order valence-electron chi connectivity index (χ2n) is 9.72. The lowest BCUT2D eigenvalue weighted by atomic mass is 10.0. The summed E-state index contributed by atoms with van der Waals surface area (Å²) < 4.78 is 256. The van der Waals surface area contributed by atoms with Gasteiger partial charge in [-0.3, -0.25) is 9.59 Å². The van der Waals surface area contributed by atoms with E-state index in [1.807, 2.05) is 0 Å². The third-order valence-corrected chi connectivity index (χ3v) is 7.35. The SMILES string of the molecule is [2H]c1c([2H])c(CSc2nc(=O)c3c(n2C([2H])([2H])C(=O)N(Cc2c([2H])c([2H])c(-c4c([2H])c([2H])c(C(F)(F)F)c([2H])c4[2H])c([2H])c2[2H])C([2H])([2H])C([2H])([2H])N(CC)CC)C([2H])([2H])C([2H])(C)C3([2H])[2H])c([2H])c([2H])c1F. The first-order chi connectivity index (χ1) is 32.1. The van der Waals surface area contributed by atoms with E-state index < -0.39 is 191 Å². The zero-order chi connectivity index (χ0) is 54.8. The zero-order valence-corrected chi connectivity index (χ0v) is 26.2. The third-order valence-electron chi connectivity index (χ3n) is 6.38. The van der Waals surface area contributed by atoms with Gasteiger partial charge in [-0.05, 0) is 78.2 Å². The average molecular weight is 704 g/mol. The van der Waals surface area contributed by atoms with Crippen molar-refractivity contribution < 1.29 is 53.9 Å². The molecule has 0 radical (unpaired) electrons. The van der Waals surface area contributed by atoms with Crippen LogP contribution in [0.4, 0.5) is 17.6 Å². The lowest BCUT2D eigenvalue weighted by Crippen LogP contribution is -2.40. The van der Waals surface area contributed by atoms with E-state index >= 15 is 4.79 Å². The number of benzene rings is 3. The third kappa shape index (κ3) is 8.73. The molecule has 4 aromatic rings. The van der Waals surface area contributed by atoms with Crippen molar-refractivity contribution in [3.8, 4) is 11.1 Å². The number of nitrogens with zero attached hydrogens (tertiary/aromatic N) is 4. The summed E-state index contributed by atoms with van der Waals surface area (Å²) >= 11 is 0.0891. The summed E-state index contributed by atoms with van der Waals surface area (Å²) in [7, 11) is 0. The fourth-order valence-corrected chi connectivity index (χ4v) is 4.80. The summed E-state index contributed by atoms with van der Waals surface area (Å²) in [5.41, 5.74) is -10.4. The minimum Gasteiger partial charge on any atom is -0.336 e. The Morgan fingerprint density at radius 3 is 2.21 bits per heavy atom. The molecular weight excluding hydrogens is 640 g/mol. The lowest BCUT2D eigenvalue weighted by Gasteiger charge is -2.28. The van der Waals surface area contributed by atoms with E-state index in [4.69, 9.17) is 26.0 Å². The molecule has 0 spiro atoms. The van der Waals surface area contributed by atoms with Crippen molar-refractivity contribution in [2.24, 2.45) is 5.89 Å². The summed E-state index contributed by atoms with van der Waals surface area (Å²) in [4.78, 5) is 33.2. The quantitative estimate of drug-likeness (QED) is 0.0822. The molecule has 0 saturated heterocycles. The first kappa shape index (κ1) is 16.2. The molecule has 1 aliphatic carbocycles. The van der Waals surface area contributed by atoms with Crippen LogP contribution in [0.2, 0.25) is 0 Å². The van der Waals surface area contributed by atoms with Crippen LogP contribution >= 0.6 is 11.8 Å². The summed E-state index contributed by atoms with van der Waals surface area (Å²) in [6.45, 7) is -10.5. The molecule has 1 aliphatic rings. The predicted octanol–water partition coefficient (Wildman–Crippen LogP) is 7.47. The van der Waals surface area contributed by atoms with Crippen LogP contribution in [0.1, 0.15) is 80.2 Å². The first-order valence-electron chi connectivity index (χ1n) is 25.5. The van der Waals surface area contributed by atoms with Crippen LogP contribution in [0, 0.1) is 11.7 Å². The van der Waals surface area contributed by atoms with Crippen LogP contribution < -0.4 is 5.56 Å². The Morgan fingerprint density at radius 2 is 1.60 bits per heavy atom. The monoisotopic (exact) mass is 703 g/mol. The van der Waals surface area contributed by atoms with Gasteiger partial charge in [0.1, 0.15) is 12.3 Å². The molecular formula is C37H40F4N4O2S. The van der Waals surface area contributed by atoms with Gasteiger partial charge < -0.3 is 14.4 Å². The number of halogens is 4. The number of aromatic nitrogens is 2. The highest BCUT2D eigenvalue weighted by Gasteiger charge is 2.30. The van der Waals surface area contributed by atoms with Crippen molar-refractivity contribution in [3.63, 3.8) is 0 Å². The van der Waals surface area contributed by atoms with Crippen molar-refractivity contribution in [2.45, 2.75) is 63.6 Å². The van der Waals surface area contributed by atoms with E-state index in [0.717, 1.165) is 4.90 Å². The normalized spacial score (nSPS) is 25.8. The highest BCUT2D eigenvalue weighted by atomic mass is 32.2. The summed E-state index contributed by atoms with van der Waals surface area (Å²) in [5.74, 6) is -7.87. The van der Waals surface area contributed by atoms with Gasteiger partial charge in [0.2, 0.25) is 5.91 Å². The average Bonchev–Trinajstić information content (AvgIpc) is 3.37. The number of hydrogen-bond acceptors (Lipinski definition) is 5. The molecule has 1 unspecified atom stereocenters. The Bertz CT molecular complexity index is 2860. The van der Waals surface area contributed by atoms with Crippen LogP contribution in [0.15, 0.2) is 82.5 Å². The molecule has 1 aromatic heterocycles. The van der Waals surface area contributed by atoms with E-state index in [1.54, 1.807) is 0 Å². The molecule has 0 bridgehead atoms. The summed E-state index contributed by atoms with van der Waals surface area (Å²) in [5, 5.41) is -1.14. The van der Waals surface area contributed by atoms with Gasteiger partial charge in [-0.1, -0.05) is 80.9 Å². The molecule has 0 N–H and O–H groups in total. The Balaban J connectivity index is 1.87. The second kappa shape index (κ2) is 15.5. The maximum Gasteiger partial charge on any atom is 0.416 e. The van der Waals surface area contributed by atoms with Crippen LogP contribution in [-0.2, 0) is 42.5 Å². The fraction of sp³-hybridized carbons (Fsp3) is 0.378. The number of fused-ring (bicyclic) bond motifs is 1. The molecule has 5 rings (SSSR count). The highest BCUT2D eigenvalue weighted by molar-refractivity contribution is 7.98. The fourth-order valence-electron chi connectivity index (χ4n) is 3.97. The van der Waals surface area contributed by atoms with E-state index in [-0.39, 0.29) is 34.3 Å². The topological polar surface area (TPSA) is 58.4 Å². The Labute approximate surface area is 315 Å². The van der Waals surface area contributed by atoms with Crippen LogP contribution in [0.5, 0.6) is 0 Å². The van der Waals surface area contributed by atoms with Gasteiger partial charge in [0.25, 0.3) is 5.56 Å². The van der Waals surface area contributed by atoms with Gasteiger partial charge in [0.15, 0.2) is 5.16 Å². The molecule has 1 amide bonds. The molecule has 0 aliphatic heterocycles. The number of thioether (sulfide) groups is 1. The second-order valence-corrected chi connectivity index (χ2v) is 10.7. The van der Waals surface area contributed by atoms with Gasteiger partial charge in [0, 0.05) is 46.1 Å². The highest BCUT2D eigenvalue weighted by Crippen LogP contribution is 2.32. The molecule has 254 valence electrons. The Hall–Kier alpha value is -3.96. The number of amides is 1. The smallest absolute Gasteiger partial charge is 0.336 e. The maximum atomic E-state index is 15.3. The first-order valence-corrected chi connectivity index (χ1v) is 15.0. The zero-order valence-electron chi connectivity index (χ0n) is 48.4. The van der Waals surface area contributed by atoms with Gasteiger partial charge >= 0.3 is 6.18 Å². The molecule has 3 aromatic carbocycles. The number of likely N-dealkylation sites (N-methyl/N-ethyl adjacent to an activating group) is 1. The number of rotatable bonds is 13.